The second-order valence-electron chi connectivity index (χ2n) is 7.03. The van der Waals surface area contributed by atoms with Gasteiger partial charge in [0.15, 0.2) is 0 Å². The lowest BCUT2D eigenvalue weighted by Gasteiger charge is -2.20. The standard InChI is InChI=1S/C20H23FN4O/c1-14-17-7-11-24(19(26)15-5-4-6-16(21)13-15)12-8-18(17)23-20(22-14)25-9-2-3-10-25/h4-6,13H,2-3,7-12H2,1H3. The van der Waals surface area contributed by atoms with E-state index in [0.717, 1.165) is 42.4 Å². The summed E-state index contributed by atoms with van der Waals surface area (Å²) in [6.45, 7) is 5.27. The van der Waals surface area contributed by atoms with E-state index in [0.29, 0.717) is 25.1 Å². The van der Waals surface area contributed by atoms with Crippen LogP contribution in [0.1, 0.15) is 40.2 Å². The summed E-state index contributed by atoms with van der Waals surface area (Å²) in [7, 11) is 0. The van der Waals surface area contributed by atoms with Gasteiger partial charge in [0.25, 0.3) is 5.91 Å². The van der Waals surface area contributed by atoms with Gasteiger partial charge in [0.2, 0.25) is 5.95 Å². The van der Waals surface area contributed by atoms with Gasteiger partial charge in [-0.15, -0.1) is 0 Å². The highest BCUT2D eigenvalue weighted by atomic mass is 19.1. The molecule has 2 aliphatic rings. The van der Waals surface area contributed by atoms with Gasteiger partial charge >= 0.3 is 0 Å². The Kier molecular flexibility index (Phi) is 4.57. The number of benzene rings is 1. The number of rotatable bonds is 2. The Morgan fingerprint density at radius 3 is 2.62 bits per heavy atom. The summed E-state index contributed by atoms with van der Waals surface area (Å²) in [6, 6.07) is 5.90. The highest BCUT2D eigenvalue weighted by Crippen LogP contribution is 2.23. The van der Waals surface area contributed by atoms with Crippen LogP contribution in [-0.4, -0.2) is 47.0 Å². The maximum Gasteiger partial charge on any atom is 0.253 e. The van der Waals surface area contributed by atoms with Crippen molar-refractivity contribution in [1.29, 1.82) is 0 Å². The van der Waals surface area contributed by atoms with Gasteiger partial charge in [-0.3, -0.25) is 4.79 Å². The Morgan fingerprint density at radius 1 is 1.08 bits per heavy atom. The lowest BCUT2D eigenvalue weighted by molar-refractivity contribution is 0.0762. The van der Waals surface area contributed by atoms with Crippen LogP contribution in [0.3, 0.4) is 0 Å². The molecule has 2 aromatic rings. The number of amides is 1. The van der Waals surface area contributed by atoms with Crippen LogP contribution in [-0.2, 0) is 12.8 Å². The zero-order valence-electron chi connectivity index (χ0n) is 15.0. The van der Waals surface area contributed by atoms with Gasteiger partial charge < -0.3 is 9.80 Å². The fraction of sp³-hybridized carbons (Fsp3) is 0.450. The number of fused-ring (bicyclic) bond motifs is 1. The van der Waals surface area contributed by atoms with Gasteiger partial charge in [-0.1, -0.05) is 6.07 Å². The molecule has 3 heterocycles. The molecular weight excluding hydrogens is 331 g/mol. The number of aryl methyl sites for hydroxylation is 1. The average molecular weight is 354 g/mol. The lowest BCUT2D eigenvalue weighted by Crippen LogP contribution is -2.33. The number of carbonyl (C=O) groups excluding carboxylic acids is 1. The predicted molar refractivity (Wildman–Crippen MR) is 97.9 cm³/mol. The van der Waals surface area contributed by atoms with Crippen LogP contribution in [0.5, 0.6) is 0 Å². The van der Waals surface area contributed by atoms with E-state index >= 15 is 0 Å². The molecule has 1 saturated heterocycles. The van der Waals surface area contributed by atoms with E-state index in [1.54, 1.807) is 17.0 Å². The number of carbonyl (C=O) groups is 1. The summed E-state index contributed by atoms with van der Waals surface area (Å²) in [5.41, 5.74) is 3.62. The molecule has 0 saturated carbocycles. The zero-order chi connectivity index (χ0) is 18.1. The minimum atomic E-state index is -0.383. The van der Waals surface area contributed by atoms with Gasteiger partial charge in [0, 0.05) is 43.9 Å². The molecule has 1 aromatic heterocycles. The summed E-state index contributed by atoms with van der Waals surface area (Å²) < 4.78 is 13.4. The number of nitrogens with zero attached hydrogens (tertiary/aromatic N) is 4. The molecule has 1 fully saturated rings. The van der Waals surface area contributed by atoms with E-state index in [9.17, 15) is 9.18 Å². The SMILES string of the molecule is Cc1nc(N2CCCC2)nc2c1CCN(C(=O)c1cccc(F)c1)CC2. The minimum absolute atomic E-state index is 0.123. The molecule has 0 N–H and O–H groups in total. The van der Waals surface area contributed by atoms with E-state index in [4.69, 9.17) is 9.97 Å². The van der Waals surface area contributed by atoms with Crippen molar-refractivity contribution in [3.05, 3.63) is 52.6 Å². The van der Waals surface area contributed by atoms with Crippen molar-refractivity contribution in [1.82, 2.24) is 14.9 Å². The van der Waals surface area contributed by atoms with E-state index in [-0.39, 0.29) is 11.7 Å². The third-order valence-electron chi connectivity index (χ3n) is 5.29. The van der Waals surface area contributed by atoms with Crippen molar-refractivity contribution < 1.29 is 9.18 Å². The van der Waals surface area contributed by atoms with E-state index in [2.05, 4.69) is 4.90 Å². The molecule has 4 rings (SSSR count). The fourth-order valence-corrected chi connectivity index (χ4v) is 3.84. The predicted octanol–water partition coefficient (Wildman–Crippen LogP) is 2.77. The first kappa shape index (κ1) is 16.9. The van der Waals surface area contributed by atoms with Crippen molar-refractivity contribution in [3.63, 3.8) is 0 Å². The van der Waals surface area contributed by atoms with Crippen LogP contribution in [0.4, 0.5) is 10.3 Å². The van der Waals surface area contributed by atoms with Crippen LogP contribution < -0.4 is 4.90 Å². The molecule has 1 amide bonds. The number of anilines is 1. The smallest absolute Gasteiger partial charge is 0.253 e. The number of halogens is 1. The third-order valence-corrected chi connectivity index (χ3v) is 5.29. The first-order chi connectivity index (χ1) is 12.6. The van der Waals surface area contributed by atoms with E-state index in [1.807, 2.05) is 6.92 Å². The first-order valence-electron chi connectivity index (χ1n) is 9.28. The van der Waals surface area contributed by atoms with Gasteiger partial charge in [0.1, 0.15) is 5.82 Å². The Labute approximate surface area is 152 Å². The molecule has 0 spiro atoms. The lowest BCUT2D eigenvalue weighted by atomic mass is 10.1. The van der Waals surface area contributed by atoms with E-state index in [1.165, 1.54) is 25.0 Å². The topological polar surface area (TPSA) is 49.3 Å². The Hall–Kier alpha value is -2.50. The molecule has 1 aromatic carbocycles. The highest BCUT2D eigenvalue weighted by molar-refractivity contribution is 5.94. The summed E-state index contributed by atoms with van der Waals surface area (Å²) in [6.07, 6.45) is 3.83. The van der Waals surface area contributed by atoms with Crippen LogP contribution in [0.25, 0.3) is 0 Å². The van der Waals surface area contributed by atoms with Crippen molar-refractivity contribution in [2.45, 2.75) is 32.6 Å². The molecule has 26 heavy (non-hydrogen) atoms. The van der Waals surface area contributed by atoms with E-state index < -0.39 is 0 Å². The maximum absolute atomic E-state index is 13.4. The fourth-order valence-electron chi connectivity index (χ4n) is 3.84. The number of hydrogen-bond donors (Lipinski definition) is 0. The molecule has 0 aliphatic carbocycles. The maximum atomic E-state index is 13.4. The molecule has 0 bridgehead atoms. The molecule has 5 nitrogen and oxygen atoms in total. The van der Waals surface area contributed by atoms with Crippen LogP contribution >= 0.6 is 0 Å². The summed E-state index contributed by atoms with van der Waals surface area (Å²) in [5, 5.41) is 0. The molecular formula is C20H23FN4O. The molecule has 0 radical (unpaired) electrons. The second-order valence-corrected chi connectivity index (χ2v) is 7.03. The first-order valence-corrected chi connectivity index (χ1v) is 9.28. The Balaban J connectivity index is 1.55. The van der Waals surface area contributed by atoms with Crippen molar-refractivity contribution in [3.8, 4) is 0 Å². The largest absolute Gasteiger partial charge is 0.341 e. The summed E-state index contributed by atoms with van der Waals surface area (Å²) >= 11 is 0. The van der Waals surface area contributed by atoms with Crippen molar-refractivity contribution >= 4 is 11.9 Å². The average Bonchev–Trinajstić information content (AvgIpc) is 3.08. The van der Waals surface area contributed by atoms with Gasteiger partial charge in [-0.25, -0.2) is 14.4 Å². The van der Waals surface area contributed by atoms with Crippen LogP contribution in [0.2, 0.25) is 0 Å². The molecule has 6 heteroatoms. The highest BCUT2D eigenvalue weighted by Gasteiger charge is 2.24. The van der Waals surface area contributed by atoms with Crippen LogP contribution in [0.15, 0.2) is 24.3 Å². The van der Waals surface area contributed by atoms with Gasteiger partial charge in [0.05, 0.1) is 5.69 Å². The molecule has 2 aliphatic heterocycles. The normalized spacial score (nSPS) is 17.2. The third kappa shape index (κ3) is 3.28. The molecule has 0 atom stereocenters. The van der Waals surface area contributed by atoms with Crippen LogP contribution in [0, 0.1) is 12.7 Å². The molecule has 136 valence electrons. The van der Waals surface area contributed by atoms with Gasteiger partial charge in [-0.2, -0.15) is 0 Å². The zero-order valence-corrected chi connectivity index (χ0v) is 15.0. The Morgan fingerprint density at radius 2 is 1.85 bits per heavy atom. The monoisotopic (exact) mass is 354 g/mol. The van der Waals surface area contributed by atoms with Crippen molar-refractivity contribution in [2.24, 2.45) is 0 Å². The van der Waals surface area contributed by atoms with Gasteiger partial charge in [-0.05, 0) is 49.9 Å². The molecule has 0 unspecified atom stereocenters. The Bertz CT molecular complexity index is 833. The summed E-state index contributed by atoms with van der Waals surface area (Å²) in [5.74, 6) is 0.317. The quantitative estimate of drug-likeness (QED) is 0.832. The number of hydrogen-bond acceptors (Lipinski definition) is 4. The van der Waals surface area contributed by atoms with Crippen molar-refractivity contribution in [2.75, 3.05) is 31.1 Å². The summed E-state index contributed by atoms with van der Waals surface area (Å²) in [4.78, 5) is 26.3. The second kappa shape index (κ2) is 7.02. The minimum Gasteiger partial charge on any atom is -0.341 e. The number of aromatic nitrogens is 2.